The third-order valence-electron chi connectivity index (χ3n) is 2.85. The van der Waals surface area contributed by atoms with Crippen LogP contribution in [-0.2, 0) is 24.3 Å². The Hall–Kier alpha value is -1.14. The van der Waals surface area contributed by atoms with E-state index in [9.17, 15) is 17.7 Å². The van der Waals surface area contributed by atoms with Crippen molar-refractivity contribution >= 4 is 13.4 Å². The first kappa shape index (κ1) is 19.9. The summed E-state index contributed by atoms with van der Waals surface area (Å²) in [6, 6.07) is 5.24. The van der Waals surface area contributed by atoms with E-state index in [0.29, 0.717) is 5.57 Å². The molecule has 0 aliphatic carbocycles. The van der Waals surface area contributed by atoms with E-state index in [1.807, 2.05) is 0 Å². The third kappa shape index (κ3) is 6.11. The van der Waals surface area contributed by atoms with Crippen molar-refractivity contribution in [1.82, 2.24) is 0 Å². The van der Waals surface area contributed by atoms with E-state index >= 15 is 0 Å². The van der Waals surface area contributed by atoms with E-state index in [1.54, 1.807) is 13.8 Å². The number of alkyl halides is 3. The molecule has 1 aromatic carbocycles. The molecule has 0 spiro atoms. The highest BCUT2D eigenvalue weighted by Gasteiger charge is 2.33. The standard InChI is InChI=1S/C15H20F3O4P/c1-4-20-23(19,21-5-2)22-11-10-12(3)13-8-6-7-9-14(13)15(16,17)18/h6-10H,4-5,11H2,1-3H3/b12-10+. The van der Waals surface area contributed by atoms with Gasteiger partial charge in [-0.1, -0.05) is 24.3 Å². The maximum Gasteiger partial charge on any atom is 0.475 e. The number of benzene rings is 1. The zero-order chi connectivity index (χ0) is 17.5. The van der Waals surface area contributed by atoms with Gasteiger partial charge in [0.15, 0.2) is 0 Å². The molecule has 0 heterocycles. The summed E-state index contributed by atoms with van der Waals surface area (Å²) < 4.78 is 66.0. The average molecular weight is 352 g/mol. The van der Waals surface area contributed by atoms with Gasteiger partial charge in [-0.05, 0) is 38.0 Å². The van der Waals surface area contributed by atoms with Crippen LogP contribution in [-0.4, -0.2) is 19.8 Å². The minimum absolute atomic E-state index is 0.0475. The van der Waals surface area contributed by atoms with E-state index in [0.717, 1.165) is 6.07 Å². The fourth-order valence-electron chi connectivity index (χ4n) is 1.87. The summed E-state index contributed by atoms with van der Waals surface area (Å²) in [6.07, 6.45) is -3.03. The van der Waals surface area contributed by atoms with Gasteiger partial charge < -0.3 is 0 Å². The van der Waals surface area contributed by atoms with Crippen molar-refractivity contribution in [3.8, 4) is 0 Å². The van der Waals surface area contributed by atoms with E-state index < -0.39 is 19.6 Å². The van der Waals surface area contributed by atoms with Crippen LogP contribution in [0.25, 0.3) is 5.57 Å². The number of allylic oxidation sites excluding steroid dienone is 1. The summed E-state index contributed by atoms with van der Waals surface area (Å²) in [6.45, 7) is 4.88. The molecule has 8 heteroatoms. The fourth-order valence-corrected chi connectivity index (χ4v) is 2.98. The molecule has 0 radical (unpaired) electrons. The van der Waals surface area contributed by atoms with Gasteiger partial charge in [-0.25, -0.2) is 4.57 Å². The molecule has 4 nitrogen and oxygen atoms in total. The second-order valence-electron chi connectivity index (χ2n) is 4.51. The maximum absolute atomic E-state index is 13.0. The first-order chi connectivity index (χ1) is 10.7. The number of rotatable bonds is 8. The minimum Gasteiger partial charge on any atom is -0.287 e. The molecule has 0 fully saturated rings. The lowest BCUT2D eigenvalue weighted by Crippen LogP contribution is -2.08. The molecular weight excluding hydrogens is 332 g/mol. The zero-order valence-electron chi connectivity index (χ0n) is 13.2. The van der Waals surface area contributed by atoms with Crippen LogP contribution in [0.3, 0.4) is 0 Å². The molecule has 0 unspecified atom stereocenters. The van der Waals surface area contributed by atoms with E-state index in [2.05, 4.69) is 0 Å². The van der Waals surface area contributed by atoms with Crippen molar-refractivity contribution < 1.29 is 31.3 Å². The molecule has 1 rings (SSSR count). The molecule has 130 valence electrons. The number of phosphoric ester groups is 1. The Morgan fingerprint density at radius 1 is 1.13 bits per heavy atom. The second kappa shape index (κ2) is 8.64. The highest BCUT2D eigenvalue weighted by molar-refractivity contribution is 7.48. The molecule has 0 bridgehead atoms. The van der Waals surface area contributed by atoms with Gasteiger partial charge in [-0.3, -0.25) is 13.6 Å². The molecule has 0 aliphatic heterocycles. The van der Waals surface area contributed by atoms with Gasteiger partial charge in [0, 0.05) is 0 Å². The summed E-state index contributed by atoms with van der Waals surface area (Å²) in [5.74, 6) is 0. The highest BCUT2D eigenvalue weighted by Crippen LogP contribution is 2.49. The Bertz CT molecular complexity index is 574. The van der Waals surface area contributed by atoms with E-state index in [1.165, 1.54) is 31.2 Å². The lowest BCUT2D eigenvalue weighted by atomic mass is 10.0. The van der Waals surface area contributed by atoms with Crippen LogP contribution in [0.5, 0.6) is 0 Å². The third-order valence-corrected chi connectivity index (χ3v) is 4.47. The molecule has 0 saturated carbocycles. The zero-order valence-corrected chi connectivity index (χ0v) is 14.1. The summed E-state index contributed by atoms with van der Waals surface area (Å²) in [5, 5.41) is 0. The van der Waals surface area contributed by atoms with Crippen LogP contribution < -0.4 is 0 Å². The highest BCUT2D eigenvalue weighted by atomic mass is 31.2. The van der Waals surface area contributed by atoms with Gasteiger partial charge in [0.25, 0.3) is 0 Å². The lowest BCUT2D eigenvalue weighted by Gasteiger charge is -2.16. The molecule has 0 aromatic heterocycles. The van der Waals surface area contributed by atoms with Crippen molar-refractivity contribution in [1.29, 1.82) is 0 Å². The first-order valence-electron chi connectivity index (χ1n) is 7.10. The maximum atomic E-state index is 13.0. The monoisotopic (exact) mass is 352 g/mol. The van der Waals surface area contributed by atoms with Crippen molar-refractivity contribution in [3.63, 3.8) is 0 Å². The quantitative estimate of drug-likeness (QED) is 0.595. The molecule has 1 aromatic rings. The minimum atomic E-state index is -4.45. The summed E-state index contributed by atoms with van der Waals surface area (Å²) in [4.78, 5) is 0. The Morgan fingerprint density at radius 3 is 2.22 bits per heavy atom. The fraction of sp³-hybridized carbons (Fsp3) is 0.467. The van der Waals surface area contributed by atoms with Crippen LogP contribution in [0.2, 0.25) is 0 Å². The van der Waals surface area contributed by atoms with Gasteiger partial charge in [0.2, 0.25) is 0 Å². The topological polar surface area (TPSA) is 44.8 Å². The van der Waals surface area contributed by atoms with E-state index in [4.69, 9.17) is 13.6 Å². The lowest BCUT2D eigenvalue weighted by molar-refractivity contribution is -0.137. The van der Waals surface area contributed by atoms with Gasteiger partial charge >= 0.3 is 14.0 Å². The molecule has 0 aliphatic rings. The smallest absolute Gasteiger partial charge is 0.287 e. The Labute approximate surface area is 133 Å². The second-order valence-corrected chi connectivity index (χ2v) is 6.18. The van der Waals surface area contributed by atoms with Crippen LogP contribution in [0.4, 0.5) is 13.2 Å². The van der Waals surface area contributed by atoms with E-state index in [-0.39, 0.29) is 25.4 Å². The van der Waals surface area contributed by atoms with Crippen LogP contribution in [0.15, 0.2) is 30.3 Å². The Kier molecular flexibility index (Phi) is 7.48. The van der Waals surface area contributed by atoms with Crippen LogP contribution in [0, 0.1) is 0 Å². The number of hydrogen-bond acceptors (Lipinski definition) is 4. The van der Waals surface area contributed by atoms with Crippen molar-refractivity contribution in [2.24, 2.45) is 0 Å². The molecule has 0 N–H and O–H groups in total. The first-order valence-corrected chi connectivity index (χ1v) is 8.56. The molecule has 0 atom stereocenters. The van der Waals surface area contributed by atoms with Gasteiger partial charge in [0.05, 0.1) is 25.4 Å². The summed E-state index contributed by atoms with van der Waals surface area (Å²) in [5.41, 5.74) is -0.324. The Morgan fingerprint density at radius 2 is 1.70 bits per heavy atom. The van der Waals surface area contributed by atoms with Crippen molar-refractivity contribution in [3.05, 3.63) is 41.5 Å². The summed E-state index contributed by atoms with van der Waals surface area (Å²) >= 11 is 0. The van der Waals surface area contributed by atoms with Crippen LogP contribution in [0.1, 0.15) is 31.9 Å². The van der Waals surface area contributed by atoms with Crippen LogP contribution >= 0.6 is 7.82 Å². The Balaban J connectivity index is 2.88. The molecular formula is C15H20F3O4P. The van der Waals surface area contributed by atoms with Gasteiger partial charge in [0.1, 0.15) is 0 Å². The molecule has 0 saturated heterocycles. The molecule has 23 heavy (non-hydrogen) atoms. The van der Waals surface area contributed by atoms with Gasteiger partial charge in [-0.15, -0.1) is 0 Å². The number of phosphoric acid groups is 1. The molecule has 0 amide bonds. The van der Waals surface area contributed by atoms with Gasteiger partial charge in [-0.2, -0.15) is 13.2 Å². The van der Waals surface area contributed by atoms with Crippen molar-refractivity contribution in [2.45, 2.75) is 26.9 Å². The largest absolute Gasteiger partial charge is 0.475 e. The predicted octanol–water partition coefficient (Wildman–Crippen LogP) is 5.31. The average Bonchev–Trinajstić information content (AvgIpc) is 2.46. The van der Waals surface area contributed by atoms with Crippen molar-refractivity contribution in [2.75, 3.05) is 19.8 Å². The SMILES string of the molecule is CCOP(=O)(OCC)OC/C=C(\C)c1ccccc1C(F)(F)F. The predicted molar refractivity (Wildman–Crippen MR) is 81.9 cm³/mol. The number of hydrogen-bond donors (Lipinski definition) is 0. The normalized spacial score (nSPS) is 13.4. The summed E-state index contributed by atoms with van der Waals surface area (Å²) in [7, 11) is -3.68. The number of halogens is 3.